The molecule has 2 aromatic rings. The summed E-state index contributed by atoms with van der Waals surface area (Å²) in [5.41, 5.74) is 3.02. The molecule has 1 aromatic carbocycles. The monoisotopic (exact) mass is 335 g/mol. The Labute approximate surface area is 137 Å². The minimum Gasteiger partial charge on any atom is -0.453 e. The van der Waals surface area contributed by atoms with Crippen LogP contribution < -0.4 is 5.32 Å². The maximum atomic E-state index is 11.8. The van der Waals surface area contributed by atoms with Gasteiger partial charge in [0, 0.05) is 5.56 Å². The first kappa shape index (κ1) is 17.0. The van der Waals surface area contributed by atoms with E-state index < -0.39 is 17.3 Å². The van der Waals surface area contributed by atoms with E-state index in [9.17, 15) is 9.59 Å². The van der Waals surface area contributed by atoms with E-state index in [0.717, 1.165) is 28.5 Å². The fourth-order valence-electron chi connectivity index (χ4n) is 1.93. The summed E-state index contributed by atoms with van der Waals surface area (Å²) in [5, 5.41) is 9.69. The molecule has 2 amide bonds. The molecule has 0 saturated heterocycles. The zero-order valence-electron chi connectivity index (χ0n) is 13.2. The second kappa shape index (κ2) is 7.28. The zero-order valence-corrected chi connectivity index (χ0v) is 14.1. The molecule has 0 unspecified atom stereocenters. The predicted octanol–water partition coefficient (Wildman–Crippen LogP) is 2.72. The summed E-state index contributed by atoms with van der Waals surface area (Å²) < 4.78 is 9.95. The fourth-order valence-corrected chi connectivity index (χ4v) is 2.61. The van der Waals surface area contributed by atoms with Crippen molar-refractivity contribution in [3.63, 3.8) is 0 Å². The van der Waals surface area contributed by atoms with Gasteiger partial charge in [-0.2, -0.15) is 0 Å². The Bertz CT molecular complexity index is 709. The minimum atomic E-state index is -0.802. The third-order valence-electron chi connectivity index (χ3n) is 2.93. The molecule has 1 N–H and O–H groups in total. The minimum absolute atomic E-state index is 0.256. The van der Waals surface area contributed by atoms with E-state index in [1.807, 2.05) is 26.0 Å². The van der Waals surface area contributed by atoms with Crippen LogP contribution in [0.25, 0.3) is 11.5 Å². The molecule has 0 radical (unpaired) electrons. The topological polar surface area (TPSA) is 94.3 Å². The van der Waals surface area contributed by atoms with Crippen LogP contribution in [0.4, 0.5) is 4.79 Å². The van der Waals surface area contributed by atoms with Crippen molar-refractivity contribution in [3.05, 3.63) is 29.3 Å². The van der Waals surface area contributed by atoms with Crippen molar-refractivity contribution in [1.29, 1.82) is 0 Å². The number of thioether (sulfide) groups is 1. The number of carbonyl (C=O) groups excluding carboxylic acids is 2. The molecule has 1 heterocycles. The van der Waals surface area contributed by atoms with Crippen molar-refractivity contribution in [2.75, 3.05) is 7.11 Å². The molecule has 0 bridgehead atoms. The average molecular weight is 335 g/mol. The van der Waals surface area contributed by atoms with Gasteiger partial charge in [0.1, 0.15) is 0 Å². The van der Waals surface area contributed by atoms with Crippen molar-refractivity contribution in [3.8, 4) is 11.5 Å². The Morgan fingerprint density at radius 3 is 2.48 bits per heavy atom. The smallest absolute Gasteiger partial charge is 0.413 e. The highest BCUT2D eigenvalue weighted by Crippen LogP contribution is 2.27. The molecule has 1 aromatic heterocycles. The highest BCUT2D eigenvalue weighted by Gasteiger charge is 2.20. The Hall–Kier alpha value is -2.35. The number of aromatic nitrogens is 2. The number of alkyl carbamates (subject to hydrolysis) is 1. The standard InChI is InChI=1S/C15H17N3O4S/c1-8-5-9(2)7-11(6-8)13-17-18-15(22-13)23-10(3)12(19)16-14(20)21-4/h5-7,10H,1-4H3,(H,16,19,20)/t10-/m1/s1. The lowest BCUT2D eigenvalue weighted by Gasteiger charge is -2.07. The molecule has 2 rings (SSSR count). The number of rotatable bonds is 4. The number of imide groups is 1. The van der Waals surface area contributed by atoms with Gasteiger partial charge in [-0.3, -0.25) is 10.1 Å². The Kier molecular flexibility index (Phi) is 5.38. The van der Waals surface area contributed by atoms with Crippen LogP contribution in [0.2, 0.25) is 0 Å². The largest absolute Gasteiger partial charge is 0.453 e. The number of nitrogens with one attached hydrogen (secondary N) is 1. The number of nitrogens with zero attached hydrogens (tertiary/aromatic N) is 2. The number of carbonyl (C=O) groups is 2. The van der Waals surface area contributed by atoms with Gasteiger partial charge in [0.15, 0.2) is 0 Å². The van der Waals surface area contributed by atoms with E-state index in [1.54, 1.807) is 6.92 Å². The number of amides is 2. The summed E-state index contributed by atoms with van der Waals surface area (Å²) in [7, 11) is 1.19. The molecule has 0 aliphatic carbocycles. The molecule has 1 atom stereocenters. The normalized spacial score (nSPS) is 11.8. The number of ether oxygens (including phenoxy) is 1. The summed E-state index contributed by atoms with van der Waals surface area (Å²) in [6, 6.07) is 5.94. The highest BCUT2D eigenvalue weighted by atomic mass is 32.2. The summed E-state index contributed by atoms with van der Waals surface area (Å²) in [5.74, 6) is -0.104. The molecular formula is C15H17N3O4S. The van der Waals surface area contributed by atoms with Gasteiger partial charge in [-0.25, -0.2) is 4.79 Å². The fraction of sp³-hybridized carbons (Fsp3) is 0.333. The number of benzene rings is 1. The van der Waals surface area contributed by atoms with E-state index in [4.69, 9.17) is 4.42 Å². The van der Waals surface area contributed by atoms with Gasteiger partial charge < -0.3 is 9.15 Å². The first-order chi connectivity index (χ1) is 10.9. The molecule has 0 spiro atoms. The quantitative estimate of drug-likeness (QED) is 0.858. The van der Waals surface area contributed by atoms with Crippen molar-refractivity contribution in [1.82, 2.24) is 15.5 Å². The maximum Gasteiger partial charge on any atom is 0.413 e. The highest BCUT2D eigenvalue weighted by molar-refractivity contribution is 8.00. The lowest BCUT2D eigenvalue weighted by atomic mass is 10.1. The summed E-state index contributed by atoms with van der Waals surface area (Å²) in [4.78, 5) is 22.8. The zero-order chi connectivity index (χ0) is 17.0. The molecular weight excluding hydrogens is 318 g/mol. The number of aryl methyl sites for hydroxylation is 2. The molecule has 0 saturated carbocycles. The second-order valence-corrected chi connectivity index (χ2v) is 6.28. The Morgan fingerprint density at radius 2 is 1.87 bits per heavy atom. The third kappa shape index (κ3) is 4.56. The van der Waals surface area contributed by atoms with Gasteiger partial charge >= 0.3 is 6.09 Å². The van der Waals surface area contributed by atoms with Gasteiger partial charge in [-0.15, -0.1) is 10.2 Å². The van der Waals surface area contributed by atoms with Crippen molar-refractivity contribution in [2.24, 2.45) is 0 Å². The van der Waals surface area contributed by atoms with E-state index in [0.29, 0.717) is 5.89 Å². The van der Waals surface area contributed by atoms with E-state index in [-0.39, 0.29) is 5.22 Å². The molecule has 0 aliphatic heterocycles. The van der Waals surface area contributed by atoms with Crippen LogP contribution in [0.5, 0.6) is 0 Å². The van der Waals surface area contributed by atoms with Crippen molar-refractivity contribution in [2.45, 2.75) is 31.2 Å². The summed E-state index contributed by atoms with van der Waals surface area (Å²) in [6.45, 7) is 5.60. The lowest BCUT2D eigenvalue weighted by molar-refractivity contribution is -0.119. The number of methoxy groups -OCH3 is 1. The summed E-state index contributed by atoms with van der Waals surface area (Å²) in [6.07, 6.45) is -0.802. The number of hydrogen-bond acceptors (Lipinski definition) is 7. The van der Waals surface area contributed by atoms with Crippen molar-refractivity contribution < 1.29 is 18.7 Å². The van der Waals surface area contributed by atoms with E-state index >= 15 is 0 Å². The van der Waals surface area contributed by atoms with Crippen LogP contribution in [-0.4, -0.2) is 34.6 Å². The van der Waals surface area contributed by atoms with Gasteiger partial charge in [0.25, 0.3) is 5.22 Å². The lowest BCUT2D eigenvalue weighted by Crippen LogP contribution is -2.35. The van der Waals surface area contributed by atoms with Crippen LogP contribution in [-0.2, 0) is 9.53 Å². The van der Waals surface area contributed by atoms with Crippen molar-refractivity contribution >= 4 is 23.8 Å². The van der Waals surface area contributed by atoms with E-state index in [1.165, 1.54) is 7.11 Å². The first-order valence-corrected chi connectivity index (χ1v) is 7.74. The van der Waals surface area contributed by atoms with Gasteiger partial charge in [-0.05, 0) is 32.9 Å². The van der Waals surface area contributed by atoms with Gasteiger partial charge in [0.05, 0.1) is 12.4 Å². The molecule has 7 nitrogen and oxygen atoms in total. The van der Waals surface area contributed by atoms with Crippen LogP contribution in [0.3, 0.4) is 0 Å². The molecule has 0 aliphatic rings. The Balaban J connectivity index is 2.07. The van der Waals surface area contributed by atoms with Crippen LogP contribution in [0.15, 0.2) is 27.8 Å². The molecule has 23 heavy (non-hydrogen) atoms. The predicted molar refractivity (Wildman–Crippen MR) is 85.1 cm³/mol. The number of hydrogen-bond donors (Lipinski definition) is 1. The first-order valence-electron chi connectivity index (χ1n) is 6.86. The van der Waals surface area contributed by atoms with Crippen LogP contribution in [0.1, 0.15) is 18.1 Å². The molecule has 8 heteroatoms. The van der Waals surface area contributed by atoms with Gasteiger partial charge in [0.2, 0.25) is 11.8 Å². The van der Waals surface area contributed by atoms with Gasteiger partial charge in [-0.1, -0.05) is 29.0 Å². The third-order valence-corrected chi connectivity index (χ3v) is 3.87. The SMILES string of the molecule is COC(=O)NC(=O)[C@@H](C)Sc1nnc(-c2cc(C)cc(C)c2)o1. The second-order valence-electron chi connectivity index (χ2n) is 4.99. The maximum absolute atomic E-state index is 11.8. The molecule has 0 fully saturated rings. The molecule has 122 valence electrons. The average Bonchev–Trinajstić information content (AvgIpc) is 2.94. The Morgan fingerprint density at radius 1 is 1.22 bits per heavy atom. The summed E-state index contributed by atoms with van der Waals surface area (Å²) >= 11 is 1.07. The van der Waals surface area contributed by atoms with E-state index in [2.05, 4.69) is 26.3 Å². The van der Waals surface area contributed by atoms with Crippen LogP contribution in [0, 0.1) is 13.8 Å². The van der Waals surface area contributed by atoms with Crippen LogP contribution >= 0.6 is 11.8 Å².